The molecule has 0 saturated heterocycles. The molecule has 3 nitrogen and oxygen atoms in total. The van der Waals surface area contributed by atoms with Gasteiger partial charge in [-0.05, 0) is 18.6 Å². The summed E-state index contributed by atoms with van der Waals surface area (Å²) >= 11 is 0. The molecule has 1 aromatic heterocycles. The van der Waals surface area contributed by atoms with Crippen molar-refractivity contribution in [3.63, 3.8) is 0 Å². The van der Waals surface area contributed by atoms with Crippen molar-refractivity contribution in [1.82, 2.24) is 9.78 Å². The summed E-state index contributed by atoms with van der Waals surface area (Å²) in [6.45, 7) is 1.98. The predicted molar refractivity (Wildman–Crippen MR) is 75.8 cm³/mol. The lowest BCUT2D eigenvalue weighted by molar-refractivity contribution is 0.118. The van der Waals surface area contributed by atoms with E-state index in [4.69, 9.17) is 0 Å². The van der Waals surface area contributed by atoms with Gasteiger partial charge in [0.25, 0.3) is 0 Å². The Labute approximate surface area is 112 Å². The summed E-state index contributed by atoms with van der Waals surface area (Å²) < 4.78 is 1.88. The number of aliphatic hydroxyl groups is 1. The molecule has 0 aliphatic heterocycles. The van der Waals surface area contributed by atoms with Gasteiger partial charge in [0, 0.05) is 5.39 Å². The van der Waals surface area contributed by atoms with Crippen LogP contribution < -0.4 is 0 Å². The second kappa shape index (κ2) is 4.86. The molecule has 0 spiro atoms. The lowest BCUT2D eigenvalue weighted by Crippen LogP contribution is -2.15. The van der Waals surface area contributed by atoms with Crippen LogP contribution in [0.1, 0.15) is 24.6 Å². The second-order valence-electron chi connectivity index (χ2n) is 4.74. The van der Waals surface area contributed by atoms with Gasteiger partial charge in [0.1, 0.15) is 6.10 Å². The number of aliphatic hydroxyl groups excluding tert-OH is 1. The molecule has 2 aromatic carbocycles. The molecule has 1 heterocycles. The Bertz CT molecular complexity index is 675. The first-order valence-electron chi connectivity index (χ1n) is 6.42. The Morgan fingerprint density at radius 3 is 2.47 bits per heavy atom. The molecule has 19 heavy (non-hydrogen) atoms. The molecule has 96 valence electrons. The highest BCUT2D eigenvalue weighted by Gasteiger charge is 2.19. The maximum atomic E-state index is 10.5. The lowest BCUT2D eigenvalue weighted by Gasteiger charge is -2.20. The number of benzene rings is 2. The van der Waals surface area contributed by atoms with Crippen LogP contribution in [0, 0.1) is 0 Å². The highest BCUT2D eigenvalue weighted by atomic mass is 16.3. The topological polar surface area (TPSA) is 38.0 Å². The van der Waals surface area contributed by atoms with Crippen molar-refractivity contribution >= 4 is 10.9 Å². The van der Waals surface area contributed by atoms with Crippen LogP contribution >= 0.6 is 0 Å². The van der Waals surface area contributed by atoms with Crippen molar-refractivity contribution < 1.29 is 5.11 Å². The second-order valence-corrected chi connectivity index (χ2v) is 4.74. The van der Waals surface area contributed by atoms with Crippen LogP contribution in [0.4, 0.5) is 0 Å². The molecule has 3 aromatic rings. The molecule has 3 heteroatoms. The van der Waals surface area contributed by atoms with Gasteiger partial charge in [-0.15, -0.1) is 0 Å². The van der Waals surface area contributed by atoms with E-state index in [0.29, 0.717) is 0 Å². The Hall–Kier alpha value is -2.13. The fourth-order valence-electron chi connectivity index (χ4n) is 2.38. The molecule has 0 radical (unpaired) electrons. The first-order valence-corrected chi connectivity index (χ1v) is 6.42. The smallest absolute Gasteiger partial charge is 0.101 e. The molecule has 0 aliphatic carbocycles. The zero-order valence-corrected chi connectivity index (χ0v) is 10.8. The number of aromatic nitrogens is 2. The van der Waals surface area contributed by atoms with Crippen molar-refractivity contribution in [2.45, 2.75) is 19.1 Å². The Kier molecular flexibility index (Phi) is 3.05. The van der Waals surface area contributed by atoms with Crippen molar-refractivity contribution in [1.29, 1.82) is 0 Å². The summed E-state index contributed by atoms with van der Waals surface area (Å²) in [4.78, 5) is 0. The van der Waals surface area contributed by atoms with E-state index in [1.807, 2.05) is 72.4 Å². The zero-order chi connectivity index (χ0) is 13.2. The van der Waals surface area contributed by atoms with Crippen LogP contribution in [0.15, 0.2) is 60.8 Å². The van der Waals surface area contributed by atoms with Crippen molar-refractivity contribution in [3.05, 3.63) is 66.4 Å². The van der Waals surface area contributed by atoms with Gasteiger partial charge in [-0.3, -0.25) is 4.68 Å². The average Bonchev–Trinajstić information content (AvgIpc) is 2.90. The van der Waals surface area contributed by atoms with Crippen LogP contribution in [-0.2, 0) is 0 Å². The zero-order valence-electron chi connectivity index (χ0n) is 10.8. The molecule has 0 fully saturated rings. The van der Waals surface area contributed by atoms with Crippen molar-refractivity contribution in [3.8, 4) is 0 Å². The van der Waals surface area contributed by atoms with E-state index in [1.165, 1.54) is 0 Å². The third-order valence-electron chi connectivity index (χ3n) is 3.49. The Morgan fingerprint density at radius 1 is 1.00 bits per heavy atom. The molecule has 2 unspecified atom stereocenters. The number of para-hydroxylation sites is 1. The maximum Gasteiger partial charge on any atom is 0.101 e. The Balaban J connectivity index is 1.98. The molecule has 0 aliphatic rings. The highest BCUT2D eigenvalue weighted by Crippen LogP contribution is 2.28. The fourth-order valence-corrected chi connectivity index (χ4v) is 2.38. The normalized spacial score (nSPS) is 14.4. The third kappa shape index (κ3) is 2.13. The fraction of sp³-hybridized carbons (Fsp3) is 0.188. The van der Waals surface area contributed by atoms with Gasteiger partial charge in [0.05, 0.1) is 17.8 Å². The van der Waals surface area contributed by atoms with Crippen LogP contribution in [0.3, 0.4) is 0 Å². The average molecular weight is 252 g/mol. The number of hydrogen-bond donors (Lipinski definition) is 1. The van der Waals surface area contributed by atoms with Gasteiger partial charge in [-0.2, -0.15) is 5.10 Å². The van der Waals surface area contributed by atoms with E-state index in [1.54, 1.807) is 0 Å². The van der Waals surface area contributed by atoms with Gasteiger partial charge >= 0.3 is 0 Å². The monoisotopic (exact) mass is 252 g/mol. The molecule has 0 bridgehead atoms. The van der Waals surface area contributed by atoms with E-state index < -0.39 is 6.10 Å². The molecular formula is C16H16N2O. The van der Waals surface area contributed by atoms with Crippen LogP contribution in [0.25, 0.3) is 10.9 Å². The summed E-state index contributed by atoms with van der Waals surface area (Å²) in [5.41, 5.74) is 1.96. The van der Waals surface area contributed by atoms with Crippen molar-refractivity contribution in [2.24, 2.45) is 0 Å². The number of rotatable bonds is 3. The summed E-state index contributed by atoms with van der Waals surface area (Å²) in [6, 6.07) is 17.6. The molecule has 1 N–H and O–H groups in total. The highest BCUT2D eigenvalue weighted by molar-refractivity contribution is 5.78. The van der Waals surface area contributed by atoms with Gasteiger partial charge in [0.15, 0.2) is 0 Å². The molecular weight excluding hydrogens is 236 g/mol. The summed E-state index contributed by atoms with van der Waals surface area (Å²) in [7, 11) is 0. The maximum absolute atomic E-state index is 10.5. The van der Waals surface area contributed by atoms with Crippen LogP contribution in [0.2, 0.25) is 0 Å². The van der Waals surface area contributed by atoms with Gasteiger partial charge in [-0.25, -0.2) is 0 Å². The first-order chi connectivity index (χ1) is 9.27. The van der Waals surface area contributed by atoms with E-state index in [-0.39, 0.29) is 6.04 Å². The minimum absolute atomic E-state index is 0.109. The molecule has 2 atom stereocenters. The number of nitrogens with zero attached hydrogens (tertiary/aromatic N) is 2. The molecule has 0 saturated carbocycles. The quantitative estimate of drug-likeness (QED) is 0.776. The van der Waals surface area contributed by atoms with Gasteiger partial charge in [-0.1, -0.05) is 48.5 Å². The van der Waals surface area contributed by atoms with Gasteiger partial charge < -0.3 is 5.11 Å². The minimum Gasteiger partial charge on any atom is -0.386 e. The van der Waals surface area contributed by atoms with E-state index in [0.717, 1.165) is 16.5 Å². The van der Waals surface area contributed by atoms with Crippen LogP contribution in [-0.4, -0.2) is 14.9 Å². The van der Waals surface area contributed by atoms with Crippen LogP contribution in [0.5, 0.6) is 0 Å². The van der Waals surface area contributed by atoms with E-state index in [2.05, 4.69) is 5.10 Å². The SMILES string of the molecule is CC(C(O)c1ccccc1)n1ncc2ccccc21. The van der Waals surface area contributed by atoms with Crippen molar-refractivity contribution in [2.75, 3.05) is 0 Å². The molecule has 0 amide bonds. The standard InChI is InChI=1S/C16H16N2O/c1-12(16(19)13-7-3-2-4-8-13)18-15-10-6-5-9-14(15)11-17-18/h2-12,16,19H,1H3. The summed E-state index contributed by atoms with van der Waals surface area (Å²) in [5, 5.41) is 16.0. The number of fused-ring (bicyclic) bond motifs is 1. The first kappa shape index (κ1) is 11.9. The van der Waals surface area contributed by atoms with Gasteiger partial charge in [0.2, 0.25) is 0 Å². The molecule has 3 rings (SSSR count). The minimum atomic E-state index is -0.565. The third-order valence-corrected chi connectivity index (χ3v) is 3.49. The number of hydrogen-bond acceptors (Lipinski definition) is 2. The van der Waals surface area contributed by atoms with E-state index >= 15 is 0 Å². The van der Waals surface area contributed by atoms with E-state index in [9.17, 15) is 5.11 Å². The lowest BCUT2D eigenvalue weighted by atomic mass is 10.0. The Morgan fingerprint density at radius 2 is 1.68 bits per heavy atom. The summed E-state index contributed by atoms with van der Waals surface area (Å²) in [6.07, 6.45) is 1.27. The predicted octanol–water partition coefficient (Wildman–Crippen LogP) is 3.33. The largest absolute Gasteiger partial charge is 0.386 e. The summed E-state index contributed by atoms with van der Waals surface area (Å²) in [5.74, 6) is 0.